The van der Waals surface area contributed by atoms with E-state index in [1.807, 2.05) is 21.1 Å². The van der Waals surface area contributed by atoms with Gasteiger partial charge in [-0.3, -0.25) is 9.59 Å². The Morgan fingerprint density at radius 2 is 0.806 bits per heavy atom. The van der Waals surface area contributed by atoms with Gasteiger partial charge in [-0.05, 0) is 38.5 Å². The van der Waals surface area contributed by atoms with Crippen molar-refractivity contribution >= 4 is 17.9 Å². The zero-order valence-electron chi connectivity index (χ0n) is 41.8. The van der Waals surface area contributed by atoms with E-state index in [1.165, 1.54) is 193 Å². The lowest BCUT2D eigenvalue weighted by Gasteiger charge is -2.34. The van der Waals surface area contributed by atoms with Gasteiger partial charge >= 0.3 is 11.9 Å². The molecule has 0 aliphatic heterocycles. The number of allylic oxidation sites excluding steroid dienone is 2. The lowest BCUT2D eigenvalue weighted by Crippen LogP contribution is -2.55. The fourth-order valence-corrected chi connectivity index (χ4v) is 8.25. The third kappa shape index (κ3) is 43.3. The topological polar surface area (TPSA) is 102 Å². The zero-order chi connectivity index (χ0) is 45.6. The molecule has 8 nitrogen and oxygen atoms in total. The Morgan fingerprint density at radius 3 is 1.16 bits per heavy atom. The Labute approximate surface area is 384 Å². The second kappa shape index (κ2) is 45.6. The number of aliphatic carboxylic acids is 1. The minimum atomic E-state index is -1.12. The third-order valence-electron chi connectivity index (χ3n) is 12.4. The Morgan fingerprint density at radius 1 is 0.468 bits per heavy atom. The molecule has 0 bridgehead atoms. The number of unbranched alkanes of at least 4 members (excludes halogenated alkanes) is 33. The summed E-state index contributed by atoms with van der Waals surface area (Å²) < 4.78 is 17.3. The van der Waals surface area contributed by atoms with Gasteiger partial charge in [-0.15, -0.1) is 0 Å². The molecule has 0 aromatic carbocycles. The van der Waals surface area contributed by atoms with E-state index >= 15 is 0 Å². The first-order valence-electron chi connectivity index (χ1n) is 26.7. The molecule has 0 heterocycles. The average Bonchev–Trinajstić information content (AvgIpc) is 3.23. The summed E-state index contributed by atoms with van der Waals surface area (Å²) >= 11 is 0. The van der Waals surface area contributed by atoms with Gasteiger partial charge in [-0.1, -0.05) is 219 Å². The number of carbonyl (C=O) groups is 3. The molecule has 0 aromatic heterocycles. The summed E-state index contributed by atoms with van der Waals surface area (Å²) in [7, 11) is 5.43. The average molecular weight is 878 g/mol. The fourth-order valence-electron chi connectivity index (χ4n) is 8.25. The molecule has 0 aliphatic carbocycles. The summed E-state index contributed by atoms with van der Waals surface area (Å²) in [5.41, 5.74) is 0. The van der Waals surface area contributed by atoms with Crippen LogP contribution in [-0.2, 0) is 28.6 Å². The van der Waals surface area contributed by atoms with Gasteiger partial charge < -0.3 is 28.6 Å². The quantitative estimate of drug-likeness (QED) is 0.0260. The van der Waals surface area contributed by atoms with Gasteiger partial charge in [0.25, 0.3) is 0 Å². The largest absolute Gasteiger partial charge is 0.544 e. The molecule has 0 radical (unpaired) electrons. The van der Waals surface area contributed by atoms with Crippen molar-refractivity contribution in [2.75, 3.05) is 41.0 Å². The molecule has 0 saturated carbocycles. The molecular weight excluding hydrogens is 775 g/mol. The van der Waals surface area contributed by atoms with E-state index < -0.39 is 18.1 Å². The second-order valence-electron chi connectivity index (χ2n) is 19.5. The van der Waals surface area contributed by atoms with Crippen LogP contribution >= 0.6 is 0 Å². The van der Waals surface area contributed by atoms with Crippen molar-refractivity contribution in [2.45, 2.75) is 276 Å². The van der Waals surface area contributed by atoms with Crippen LogP contribution in [0.25, 0.3) is 0 Å². The van der Waals surface area contributed by atoms with Crippen molar-refractivity contribution in [3.05, 3.63) is 12.2 Å². The third-order valence-corrected chi connectivity index (χ3v) is 12.4. The van der Waals surface area contributed by atoms with E-state index in [9.17, 15) is 19.5 Å². The summed E-state index contributed by atoms with van der Waals surface area (Å²) in [5.74, 6) is -1.72. The van der Waals surface area contributed by atoms with Crippen LogP contribution in [0.1, 0.15) is 264 Å². The van der Waals surface area contributed by atoms with Crippen molar-refractivity contribution in [3.8, 4) is 0 Å². The van der Waals surface area contributed by atoms with Crippen molar-refractivity contribution < 1.29 is 38.2 Å². The zero-order valence-corrected chi connectivity index (χ0v) is 41.8. The molecule has 0 spiro atoms. The Bertz CT molecular complexity index is 1020. The Kier molecular flexibility index (Phi) is 44.2. The first kappa shape index (κ1) is 60.1. The maximum absolute atomic E-state index is 12.8. The molecule has 0 amide bonds. The van der Waals surface area contributed by atoms with Gasteiger partial charge in [0.1, 0.15) is 12.6 Å². The predicted molar refractivity (Wildman–Crippen MR) is 259 cm³/mol. The van der Waals surface area contributed by atoms with Crippen molar-refractivity contribution in [1.82, 2.24) is 0 Å². The van der Waals surface area contributed by atoms with Crippen LogP contribution in [0.4, 0.5) is 0 Å². The van der Waals surface area contributed by atoms with Gasteiger partial charge in [-0.25, -0.2) is 0 Å². The molecule has 2 atom stereocenters. The van der Waals surface area contributed by atoms with Gasteiger partial charge in [0.2, 0.25) is 0 Å². The minimum absolute atomic E-state index is 0.0452. The number of carboxylic acids is 1. The Hall–Kier alpha value is -1.93. The molecular formula is C54H103NO7. The summed E-state index contributed by atoms with van der Waals surface area (Å²) in [5, 5.41) is 11.7. The first-order chi connectivity index (χ1) is 30.1. The molecule has 0 aliphatic rings. The van der Waals surface area contributed by atoms with Crippen molar-refractivity contribution in [3.63, 3.8) is 0 Å². The number of rotatable bonds is 49. The molecule has 366 valence electrons. The van der Waals surface area contributed by atoms with Crippen LogP contribution in [0, 0.1) is 0 Å². The van der Waals surface area contributed by atoms with Crippen molar-refractivity contribution in [2.24, 2.45) is 0 Å². The smallest absolute Gasteiger partial charge is 0.306 e. The molecule has 62 heavy (non-hydrogen) atoms. The van der Waals surface area contributed by atoms with Crippen molar-refractivity contribution in [1.29, 1.82) is 0 Å². The van der Waals surface area contributed by atoms with E-state index in [1.54, 1.807) is 0 Å². The van der Waals surface area contributed by atoms with E-state index in [0.29, 0.717) is 12.8 Å². The number of ether oxygens (including phenoxy) is 3. The minimum Gasteiger partial charge on any atom is -0.544 e. The summed E-state index contributed by atoms with van der Waals surface area (Å²) in [6, 6.07) is -0.723. The lowest BCUT2D eigenvalue weighted by molar-refractivity contribution is -0.889. The molecule has 0 aromatic rings. The number of quaternary nitrogens is 1. The van der Waals surface area contributed by atoms with Gasteiger partial charge in [0.15, 0.2) is 6.10 Å². The van der Waals surface area contributed by atoms with Crippen LogP contribution in [0.5, 0.6) is 0 Å². The number of nitrogens with zero attached hydrogens (tertiary/aromatic N) is 1. The monoisotopic (exact) mass is 878 g/mol. The normalized spacial score (nSPS) is 12.9. The van der Waals surface area contributed by atoms with Crippen LogP contribution in [0.3, 0.4) is 0 Å². The summed E-state index contributed by atoms with van der Waals surface area (Å²) in [6.45, 7) is 4.71. The maximum atomic E-state index is 12.8. The summed E-state index contributed by atoms with van der Waals surface area (Å²) in [6.07, 6.45) is 51.0. The van der Waals surface area contributed by atoms with Gasteiger partial charge in [0.05, 0.1) is 40.3 Å². The van der Waals surface area contributed by atoms with Crippen LogP contribution in [0.2, 0.25) is 0 Å². The van der Waals surface area contributed by atoms with Crippen LogP contribution in [0.15, 0.2) is 12.2 Å². The number of carbonyl (C=O) groups excluding carboxylic acids is 3. The van der Waals surface area contributed by atoms with Gasteiger partial charge in [-0.2, -0.15) is 0 Å². The maximum Gasteiger partial charge on any atom is 0.306 e. The highest BCUT2D eigenvalue weighted by Gasteiger charge is 2.25. The SMILES string of the molecule is CCCCCCCCCC/C=C/CCCCCCCCCC(=O)OC(COCCC(C(=O)[O-])[N+](C)(C)C)COC(=O)CCCCCCCCCCCCCCCCCCCCC. The number of hydrogen-bond donors (Lipinski definition) is 0. The fraction of sp³-hybridized carbons (Fsp3) is 0.907. The second-order valence-corrected chi connectivity index (χ2v) is 19.5. The lowest BCUT2D eigenvalue weighted by atomic mass is 10.0. The number of esters is 2. The van der Waals surface area contributed by atoms with E-state index in [4.69, 9.17) is 14.2 Å². The van der Waals surface area contributed by atoms with E-state index in [0.717, 1.165) is 38.5 Å². The highest BCUT2D eigenvalue weighted by atomic mass is 16.6. The predicted octanol–water partition coefficient (Wildman–Crippen LogP) is 14.1. The highest BCUT2D eigenvalue weighted by Crippen LogP contribution is 2.17. The van der Waals surface area contributed by atoms with E-state index in [2.05, 4.69) is 26.0 Å². The highest BCUT2D eigenvalue weighted by molar-refractivity contribution is 5.70. The standard InChI is InChI=1S/C54H103NO7/c1-6-8-10-12-14-16-18-20-22-24-26-28-30-32-34-36-38-40-42-44-52(56)61-49-50(48-60-47-46-51(54(58)59)55(3,4)5)62-53(57)45-43-41-39-37-35-33-31-29-27-25-23-21-19-17-15-13-11-9-7-2/h25,27,50-51H,6-24,26,28-49H2,1-5H3/b27-25+. The summed E-state index contributed by atoms with van der Waals surface area (Å²) in [4.78, 5) is 37.1. The van der Waals surface area contributed by atoms with E-state index in [-0.39, 0.29) is 42.7 Å². The van der Waals surface area contributed by atoms with Gasteiger partial charge in [0, 0.05) is 19.3 Å². The van der Waals surface area contributed by atoms with Crippen LogP contribution < -0.4 is 5.11 Å². The Balaban J connectivity index is 4.19. The number of hydrogen-bond acceptors (Lipinski definition) is 7. The molecule has 0 fully saturated rings. The molecule has 0 rings (SSSR count). The molecule has 0 saturated heterocycles. The molecule has 2 unspecified atom stereocenters. The first-order valence-corrected chi connectivity index (χ1v) is 26.7. The van der Waals surface area contributed by atoms with Crippen LogP contribution in [-0.4, -0.2) is 75.5 Å². The molecule has 0 N–H and O–H groups in total. The molecule has 8 heteroatoms. The number of carboxylic acid groups (broad SMARTS) is 1. The number of likely N-dealkylation sites (N-methyl/N-ethyl adjacent to an activating group) is 1.